The molecule has 0 aliphatic heterocycles. The number of nitrogens with one attached hydrogen (secondary N) is 1. The number of halogens is 2. The van der Waals surface area contributed by atoms with Crippen LogP contribution in [0.25, 0.3) is 21.9 Å². The maximum atomic E-state index is 14.1. The van der Waals surface area contributed by atoms with Gasteiger partial charge in [-0.15, -0.1) is 0 Å². The van der Waals surface area contributed by atoms with Crippen LogP contribution >= 0.6 is 11.6 Å². The zero-order valence-corrected chi connectivity index (χ0v) is 19.9. The summed E-state index contributed by atoms with van der Waals surface area (Å²) in [4.78, 5) is 31.1. The summed E-state index contributed by atoms with van der Waals surface area (Å²) in [5.74, 6) is -0.749. The highest BCUT2D eigenvalue weighted by molar-refractivity contribution is 6.31. The molecule has 0 fully saturated rings. The van der Waals surface area contributed by atoms with Crippen molar-refractivity contribution in [2.75, 3.05) is 5.32 Å². The fraction of sp³-hybridized carbons (Fsp3) is 0.148. The first-order valence-corrected chi connectivity index (χ1v) is 11.5. The largest absolute Gasteiger partial charge is 0.325 e. The van der Waals surface area contributed by atoms with E-state index in [4.69, 9.17) is 11.6 Å². The molecule has 2 aromatic heterocycles. The van der Waals surface area contributed by atoms with E-state index in [9.17, 15) is 14.0 Å². The van der Waals surface area contributed by atoms with Gasteiger partial charge in [0.2, 0.25) is 5.91 Å². The van der Waals surface area contributed by atoms with Crippen LogP contribution in [0.1, 0.15) is 16.7 Å². The minimum Gasteiger partial charge on any atom is -0.325 e. The van der Waals surface area contributed by atoms with E-state index in [-0.39, 0.29) is 30.1 Å². The summed E-state index contributed by atoms with van der Waals surface area (Å²) in [5.41, 5.74) is 4.28. The number of aromatic nitrogens is 3. The number of carbonyl (C=O) groups excluding carboxylic acids is 1. The van der Waals surface area contributed by atoms with Crippen LogP contribution in [-0.2, 0) is 17.9 Å². The molecule has 0 saturated heterocycles. The van der Waals surface area contributed by atoms with Crippen LogP contribution in [0.3, 0.4) is 0 Å². The Morgan fingerprint density at radius 3 is 2.69 bits per heavy atom. The van der Waals surface area contributed by atoms with Gasteiger partial charge in [-0.25, -0.2) is 9.37 Å². The van der Waals surface area contributed by atoms with Gasteiger partial charge in [0.15, 0.2) is 0 Å². The normalized spacial score (nSPS) is 11.3. The van der Waals surface area contributed by atoms with E-state index in [2.05, 4.69) is 10.3 Å². The van der Waals surface area contributed by atoms with Gasteiger partial charge < -0.3 is 9.88 Å². The monoisotopic (exact) mass is 488 g/mol. The van der Waals surface area contributed by atoms with Gasteiger partial charge in [-0.05, 0) is 60.9 Å². The maximum absolute atomic E-state index is 14.1. The SMILES string of the molecule is Cc1cccc(NC(=O)Cn2c3ccc(F)cc3c3ncn(Cc4ccccc4Cl)c(=O)c32)c1C. The summed E-state index contributed by atoms with van der Waals surface area (Å²) in [5, 5.41) is 3.94. The van der Waals surface area contributed by atoms with Crippen molar-refractivity contribution < 1.29 is 9.18 Å². The van der Waals surface area contributed by atoms with E-state index in [0.717, 1.165) is 16.7 Å². The maximum Gasteiger partial charge on any atom is 0.278 e. The van der Waals surface area contributed by atoms with Crippen molar-refractivity contribution in [1.82, 2.24) is 14.1 Å². The van der Waals surface area contributed by atoms with Crippen LogP contribution in [-0.4, -0.2) is 20.0 Å². The predicted octanol–water partition coefficient (Wildman–Crippen LogP) is 5.45. The molecule has 0 spiro atoms. The summed E-state index contributed by atoms with van der Waals surface area (Å²) < 4.78 is 17.1. The first-order valence-electron chi connectivity index (χ1n) is 11.1. The number of hydrogen-bond donors (Lipinski definition) is 1. The molecule has 0 unspecified atom stereocenters. The van der Waals surface area contributed by atoms with Crippen LogP contribution in [0.15, 0.2) is 71.8 Å². The highest BCUT2D eigenvalue weighted by Gasteiger charge is 2.20. The number of anilines is 1. The second-order valence-corrected chi connectivity index (χ2v) is 8.92. The summed E-state index contributed by atoms with van der Waals surface area (Å²) in [7, 11) is 0. The second-order valence-electron chi connectivity index (χ2n) is 8.51. The van der Waals surface area contributed by atoms with Crippen LogP contribution in [0.5, 0.6) is 0 Å². The Labute approximate surface area is 205 Å². The molecule has 3 aromatic carbocycles. The van der Waals surface area contributed by atoms with Crippen LogP contribution < -0.4 is 10.9 Å². The van der Waals surface area contributed by atoms with Crippen molar-refractivity contribution in [3.8, 4) is 0 Å². The number of nitrogens with zero attached hydrogens (tertiary/aromatic N) is 3. The molecule has 35 heavy (non-hydrogen) atoms. The number of fused-ring (bicyclic) bond motifs is 3. The molecule has 6 nitrogen and oxygen atoms in total. The quantitative estimate of drug-likeness (QED) is 0.358. The third kappa shape index (κ3) is 4.19. The molecule has 1 amide bonds. The van der Waals surface area contributed by atoms with Crippen molar-refractivity contribution in [1.29, 1.82) is 0 Å². The molecule has 176 valence electrons. The lowest BCUT2D eigenvalue weighted by Crippen LogP contribution is -2.25. The van der Waals surface area contributed by atoms with E-state index < -0.39 is 5.82 Å². The van der Waals surface area contributed by atoms with Gasteiger partial charge in [-0.3, -0.25) is 14.2 Å². The molecule has 5 rings (SSSR count). The van der Waals surface area contributed by atoms with Gasteiger partial charge >= 0.3 is 0 Å². The summed E-state index contributed by atoms with van der Waals surface area (Å²) >= 11 is 6.29. The minimum absolute atomic E-state index is 0.133. The molecule has 0 radical (unpaired) electrons. The third-order valence-corrected chi connectivity index (χ3v) is 6.64. The highest BCUT2D eigenvalue weighted by atomic mass is 35.5. The second kappa shape index (κ2) is 9.00. The van der Waals surface area contributed by atoms with Gasteiger partial charge in [0, 0.05) is 16.1 Å². The number of aryl methyl sites for hydroxylation is 1. The van der Waals surface area contributed by atoms with Crippen LogP contribution in [0, 0.1) is 19.7 Å². The van der Waals surface area contributed by atoms with E-state index in [1.165, 1.54) is 23.0 Å². The molecule has 8 heteroatoms. The van der Waals surface area contributed by atoms with E-state index in [1.807, 2.05) is 50.2 Å². The van der Waals surface area contributed by atoms with E-state index in [1.54, 1.807) is 16.7 Å². The van der Waals surface area contributed by atoms with Crippen molar-refractivity contribution >= 4 is 45.1 Å². The lowest BCUT2D eigenvalue weighted by Gasteiger charge is -2.12. The van der Waals surface area contributed by atoms with E-state index >= 15 is 0 Å². The van der Waals surface area contributed by atoms with Crippen molar-refractivity contribution in [2.45, 2.75) is 26.9 Å². The Hall–Kier alpha value is -3.97. The topological polar surface area (TPSA) is 68.9 Å². The molecule has 2 heterocycles. The van der Waals surface area contributed by atoms with Gasteiger partial charge in [-0.2, -0.15) is 0 Å². The molecule has 0 atom stereocenters. The highest BCUT2D eigenvalue weighted by Crippen LogP contribution is 2.27. The molecular weight excluding hydrogens is 467 g/mol. The lowest BCUT2D eigenvalue weighted by atomic mass is 10.1. The van der Waals surface area contributed by atoms with E-state index in [0.29, 0.717) is 27.1 Å². The fourth-order valence-electron chi connectivity index (χ4n) is 4.28. The Balaban J connectivity index is 1.62. The van der Waals surface area contributed by atoms with Crippen molar-refractivity contribution in [3.05, 3.63) is 105 Å². The van der Waals surface area contributed by atoms with Gasteiger partial charge in [0.05, 0.1) is 18.4 Å². The van der Waals surface area contributed by atoms with Crippen LogP contribution in [0.4, 0.5) is 10.1 Å². The molecule has 0 bridgehead atoms. The third-order valence-electron chi connectivity index (χ3n) is 6.27. The van der Waals surface area contributed by atoms with Crippen molar-refractivity contribution in [2.24, 2.45) is 0 Å². The average molecular weight is 489 g/mol. The number of benzene rings is 3. The molecular formula is C27H22ClFN4O2. The zero-order valence-electron chi connectivity index (χ0n) is 19.2. The molecule has 0 aliphatic rings. The lowest BCUT2D eigenvalue weighted by molar-refractivity contribution is -0.116. The summed E-state index contributed by atoms with van der Waals surface area (Å²) in [6.45, 7) is 3.99. The van der Waals surface area contributed by atoms with Crippen molar-refractivity contribution in [3.63, 3.8) is 0 Å². The first-order chi connectivity index (χ1) is 16.8. The minimum atomic E-state index is -0.446. The molecule has 5 aromatic rings. The number of carbonyl (C=O) groups is 1. The smallest absolute Gasteiger partial charge is 0.278 e. The number of amides is 1. The Kier molecular flexibility index (Phi) is 5.86. The molecule has 1 N–H and O–H groups in total. The average Bonchev–Trinajstić information content (AvgIpc) is 3.13. The molecule has 0 aliphatic carbocycles. The van der Waals surface area contributed by atoms with Crippen LogP contribution in [0.2, 0.25) is 5.02 Å². The van der Waals surface area contributed by atoms with Gasteiger partial charge in [0.25, 0.3) is 5.56 Å². The fourth-order valence-corrected chi connectivity index (χ4v) is 4.47. The summed E-state index contributed by atoms with van der Waals surface area (Å²) in [6, 6.07) is 17.1. The van der Waals surface area contributed by atoms with Gasteiger partial charge in [-0.1, -0.05) is 41.9 Å². The Bertz CT molecular complexity index is 1670. The zero-order chi connectivity index (χ0) is 24.7. The molecule has 0 saturated carbocycles. The summed E-state index contributed by atoms with van der Waals surface area (Å²) in [6.07, 6.45) is 1.43. The predicted molar refractivity (Wildman–Crippen MR) is 137 cm³/mol. The Morgan fingerprint density at radius 2 is 1.89 bits per heavy atom. The Morgan fingerprint density at radius 1 is 1.09 bits per heavy atom. The first kappa shape index (κ1) is 22.8. The van der Waals surface area contributed by atoms with Gasteiger partial charge in [0.1, 0.15) is 23.4 Å². The number of hydrogen-bond acceptors (Lipinski definition) is 3. The standard InChI is InChI=1S/C27H22ClFN4O2/c1-16-6-5-9-22(17(16)2)31-24(34)14-33-23-11-10-19(29)12-20(23)25-26(33)27(35)32(15-30-25)13-18-7-3-4-8-21(18)28/h3-12,15H,13-14H2,1-2H3,(H,31,34). The number of rotatable bonds is 5.